The van der Waals surface area contributed by atoms with Crippen molar-refractivity contribution in [3.8, 4) is 0 Å². The van der Waals surface area contributed by atoms with Crippen molar-refractivity contribution < 1.29 is 9.53 Å². The molecule has 0 aromatic carbocycles. The van der Waals surface area contributed by atoms with Gasteiger partial charge in [0.25, 0.3) is 5.91 Å². The first-order valence-electron chi connectivity index (χ1n) is 9.57. The summed E-state index contributed by atoms with van der Waals surface area (Å²) in [5.41, 5.74) is 1.86. The SMILES string of the molecule is CCc1c(C(=O)N2CCC(OC3CCC3)CC2)cnn1CC(C)C. The van der Waals surface area contributed by atoms with E-state index >= 15 is 0 Å². The molecule has 24 heavy (non-hydrogen) atoms. The third-order valence-electron chi connectivity index (χ3n) is 5.22. The molecule has 5 heteroatoms. The number of ether oxygens (including phenoxy) is 1. The zero-order valence-electron chi connectivity index (χ0n) is 15.3. The van der Waals surface area contributed by atoms with Gasteiger partial charge in [0.15, 0.2) is 0 Å². The summed E-state index contributed by atoms with van der Waals surface area (Å²) in [5.74, 6) is 0.668. The Bertz CT molecular complexity index is 555. The van der Waals surface area contributed by atoms with Crippen molar-refractivity contribution in [2.24, 2.45) is 5.92 Å². The second kappa shape index (κ2) is 7.68. The summed E-state index contributed by atoms with van der Waals surface area (Å²) in [5, 5.41) is 4.46. The van der Waals surface area contributed by atoms with Crippen LogP contribution in [0.5, 0.6) is 0 Å². The summed E-state index contributed by atoms with van der Waals surface area (Å²) in [4.78, 5) is 14.9. The highest BCUT2D eigenvalue weighted by Gasteiger charge is 2.29. The van der Waals surface area contributed by atoms with Crippen LogP contribution in [0.25, 0.3) is 0 Å². The Labute approximate surface area is 145 Å². The van der Waals surface area contributed by atoms with E-state index in [9.17, 15) is 4.79 Å². The van der Waals surface area contributed by atoms with Gasteiger partial charge >= 0.3 is 0 Å². The highest BCUT2D eigenvalue weighted by atomic mass is 16.5. The van der Waals surface area contributed by atoms with Crippen LogP contribution in [0.15, 0.2) is 6.20 Å². The number of nitrogens with zero attached hydrogens (tertiary/aromatic N) is 3. The largest absolute Gasteiger partial charge is 0.375 e. The van der Waals surface area contributed by atoms with Crippen LogP contribution in [-0.4, -0.2) is 45.9 Å². The van der Waals surface area contributed by atoms with Crippen LogP contribution in [0.1, 0.15) is 68.9 Å². The number of piperidine rings is 1. The maximum atomic E-state index is 12.9. The summed E-state index contributed by atoms with van der Waals surface area (Å²) in [6, 6.07) is 0. The number of hydrogen-bond acceptors (Lipinski definition) is 3. The van der Waals surface area contributed by atoms with Crippen molar-refractivity contribution in [3.05, 3.63) is 17.5 Å². The van der Waals surface area contributed by atoms with Crippen molar-refractivity contribution in [1.82, 2.24) is 14.7 Å². The molecule has 0 spiro atoms. The van der Waals surface area contributed by atoms with Crippen LogP contribution < -0.4 is 0 Å². The van der Waals surface area contributed by atoms with E-state index in [1.807, 2.05) is 9.58 Å². The first-order chi connectivity index (χ1) is 11.6. The predicted octanol–water partition coefficient (Wildman–Crippen LogP) is 3.28. The molecule has 1 aliphatic heterocycles. The molecular formula is C19H31N3O2. The molecule has 2 heterocycles. The minimum absolute atomic E-state index is 0.143. The number of aromatic nitrogens is 2. The highest BCUT2D eigenvalue weighted by molar-refractivity contribution is 5.95. The average molecular weight is 333 g/mol. The molecule has 0 atom stereocenters. The number of carbonyl (C=O) groups is 1. The van der Waals surface area contributed by atoms with E-state index in [2.05, 4.69) is 25.9 Å². The molecule has 3 rings (SSSR count). The van der Waals surface area contributed by atoms with Crippen LogP contribution in [0.2, 0.25) is 0 Å². The van der Waals surface area contributed by atoms with Gasteiger partial charge in [0.05, 0.1) is 29.7 Å². The van der Waals surface area contributed by atoms with E-state index < -0.39 is 0 Å². The molecule has 1 amide bonds. The van der Waals surface area contributed by atoms with Crippen LogP contribution in [0.3, 0.4) is 0 Å². The molecule has 5 nitrogen and oxygen atoms in total. The summed E-state index contributed by atoms with van der Waals surface area (Å²) in [7, 11) is 0. The molecule has 0 radical (unpaired) electrons. The zero-order chi connectivity index (χ0) is 17.1. The Morgan fingerprint density at radius 2 is 1.92 bits per heavy atom. The van der Waals surface area contributed by atoms with E-state index in [1.54, 1.807) is 6.20 Å². The molecule has 0 N–H and O–H groups in total. The summed E-state index contributed by atoms with van der Waals surface area (Å²) >= 11 is 0. The van der Waals surface area contributed by atoms with Gasteiger partial charge in [-0.05, 0) is 44.4 Å². The molecule has 0 bridgehead atoms. The normalized spacial score (nSPS) is 19.8. The van der Waals surface area contributed by atoms with E-state index in [1.165, 1.54) is 19.3 Å². The fourth-order valence-electron chi connectivity index (χ4n) is 3.61. The van der Waals surface area contributed by atoms with Crippen molar-refractivity contribution >= 4 is 5.91 Å². The van der Waals surface area contributed by atoms with Gasteiger partial charge in [-0.3, -0.25) is 9.48 Å². The molecule has 1 saturated heterocycles. The maximum Gasteiger partial charge on any atom is 0.257 e. The lowest BCUT2D eigenvalue weighted by Crippen LogP contribution is -2.42. The van der Waals surface area contributed by atoms with E-state index in [4.69, 9.17) is 4.74 Å². The molecule has 1 saturated carbocycles. The van der Waals surface area contributed by atoms with E-state index in [-0.39, 0.29) is 5.91 Å². The molecule has 2 fully saturated rings. The number of carbonyl (C=O) groups excluding carboxylic acids is 1. The minimum atomic E-state index is 0.143. The van der Waals surface area contributed by atoms with Crippen LogP contribution in [0, 0.1) is 5.92 Å². The third-order valence-corrected chi connectivity index (χ3v) is 5.22. The Morgan fingerprint density at radius 1 is 1.25 bits per heavy atom. The minimum Gasteiger partial charge on any atom is -0.375 e. The lowest BCUT2D eigenvalue weighted by atomic mass is 9.95. The van der Waals surface area contributed by atoms with Gasteiger partial charge in [-0.1, -0.05) is 20.8 Å². The van der Waals surface area contributed by atoms with Crippen LogP contribution in [-0.2, 0) is 17.7 Å². The third kappa shape index (κ3) is 3.82. The number of hydrogen-bond donors (Lipinski definition) is 0. The van der Waals surface area contributed by atoms with Crippen LogP contribution in [0.4, 0.5) is 0 Å². The van der Waals surface area contributed by atoms with Gasteiger partial charge in [-0.2, -0.15) is 5.10 Å². The van der Waals surface area contributed by atoms with Gasteiger partial charge < -0.3 is 9.64 Å². The van der Waals surface area contributed by atoms with E-state index in [0.717, 1.165) is 50.2 Å². The lowest BCUT2D eigenvalue weighted by molar-refractivity contribution is -0.0705. The van der Waals surface area contributed by atoms with Crippen molar-refractivity contribution in [1.29, 1.82) is 0 Å². The Kier molecular flexibility index (Phi) is 5.59. The molecular weight excluding hydrogens is 302 g/mol. The van der Waals surface area contributed by atoms with E-state index in [0.29, 0.717) is 18.1 Å². The number of likely N-dealkylation sites (tertiary alicyclic amines) is 1. The van der Waals surface area contributed by atoms with Crippen molar-refractivity contribution in [3.63, 3.8) is 0 Å². The molecule has 2 aliphatic rings. The lowest BCUT2D eigenvalue weighted by Gasteiger charge is -2.36. The molecule has 0 unspecified atom stereocenters. The monoisotopic (exact) mass is 333 g/mol. The van der Waals surface area contributed by atoms with Gasteiger partial charge in [0.2, 0.25) is 0 Å². The standard InChI is InChI=1S/C19H31N3O2/c1-4-18-17(12-20-22(18)13-14(2)3)19(23)21-10-8-16(9-11-21)24-15-6-5-7-15/h12,14-16H,4-11,13H2,1-3H3. The molecule has 1 aromatic rings. The summed E-state index contributed by atoms with van der Waals surface area (Å²) in [6.45, 7) is 8.92. The molecule has 134 valence electrons. The quantitative estimate of drug-likeness (QED) is 0.803. The molecule has 1 aromatic heterocycles. The second-order valence-corrected chi connectivity index (χ2v) is 7.62. The fraction of sp³-hybridized carbons (Fsp3) is 0.789. The zero-order valence-corrected chi connectivity index (χ0v) is 15.3. The maximum absolute atomic E-state index is 12.9. The van der Waals surface area contributed by atoms with Crippen molar-refractivity contribution in [2.75, 3.05) is 13.1 Å². The van der Waals surface area contributed by atoms with Gasteiger partial charge in [-0.25, -0.2) is 0 Å². The Morgan fingerprint density at radius 3 is 2.46 bits per heavy atom. The predicted molar refractivity (Wildman–Crippen MR) is 94.1 cm³/mol. The number of amides is 1. The summed E-state index contributed by atoms with van der Waals surface area (Å²) < 4.78 is 8.10. The average Bonchev–Trinajstić information content (AvgIpc) is 2.92. The second-order valence-electron chi connectivity index (χ2n) is 7.62. The number of rotatable bonds is 6. The summed E-state index contributed by atoms with van der Waals surface area (Å²) in [6.07, 6.45) is 9.10. The van der Waals surface area contributed by atoms with Crippen molar-refractivity contribution in [2.45, 2.75) is 78.0 Å². The topological polar surface area (TPSA) is 47.4 Å². The Balaban J connectivity index is 1.59. The first kappa shape index (κ1) is 17.5. The molecule has 1 aliphatic carbocycles. The van der Waals surface area contributed by atoms with Gasteiger partial charge in [0, 0.05) is 19.6 Å². The van der Waals surface area contributed by atoms with Gasteiger partial charge in [-0.15, -0.1) is 0 Å². The van der Waals surface area contributed by atoms with Crippen LogP contribution >= 0.6 is 0 Å². The smallest absolute Gasteiger partial charge is 0.257 e. The van der Waals surface area contributed by atoms with Gasteiger partial charge in [0.1, 0.15) is 0 Å². The Hall–Kier alpha value is -1.36. The fourth-order valence-corrected chi connectivity index (χ4v) is 3.61. The highest BCUT2D eigenvalue weighted by Crippen LogP contribution is 2.27. The first-order valence-corrected chi connectivity index (χ1v) is 9.57.